The Labute approximate surface area is 271 Å². The molecule has 0 bridgehead atoms. The number of morpholine rings is 1. The summed E-state index contributed by atoms with van der Waals surface area (Å²) in [5.41, 5.74) is 9.01. The minimum atomic E-state index is -0.639. The van der Waals surface area contributed by atoms with Crippen molar-refractivity contribution in [3.63, 3.8) is 0 Å². The number of primary amides is 1. The molecular weight excluding hydrogens is 605 g/mol. The smallest absolute Gasteiger partial charge is 0.237 e. The lowest BCUT2D eigenvalue weighted by molar-refractivity contribution is -0.129. The molecule has 0 spiro atoms. The van der Waals surface area contributed by atoms with E-state index in [9.17, 15) is 4.79 Å². The molecule has 234 valence electrons. The van der Waals surface area contributed by atoms with E-state index in [-0.39, 0.29) is 5.91 Å². The van der Waals surface area contributed by atoms with Gasteiger partial charge in [0.2, 0.25) is 5.91 Å². The number of carbonyl (C=O) groups excluding carboxylic acids is 1. The van der Waals surface area contributed by atoms with Crippen molar-refractivity contribution in [1.29, 1.82) is 0 Å². The zero-order chi connectivity index (χ0) is 31.1. The molecule has 0 saturated carbocycles. The summed E-state index contributed by atoms with van der Waals surface area (Å²) in [4.78, 5) is 36.5. The number of aryl methyl sites for hydroxylation is 1. The Balaban J connectivity index is 1.22. The van der Waals surface area contributed by atoms with Crippen LogP contribution in [0.15, 0.2) is 59.6 Å². The quantitative estimate of drug-likeness (QED) is 0.256. The number of rotatable bonds is 8. The third kappa shape index (κ3) is 5.93. The molecule has 2 aliphatic heterocycles. The van der Waals surface area contributed by atoms with Gasteiger partial charge in [-0.05, 0) is 63.1 Å². The summed E-state index contributed by atoms with van der Waals surface area (Å²) in [6, 6.07) is 16.9. The molecule has 45 heavy (non-hydrogen) atoms. The van der Waals surface area contributed by atoms with Gasteiger partial charge in [-0.3, -0.25) is 23.6 Å². The number of thiophene rings is 1. The number of piperazine rings is 1. The maximum atomic E-state index is 12.0. The number of hydrogen-bond donors (Lipinski definition) is 1. The van der Waals surface area contributed by atoms with E-state index in [1.807, 2.05) is 26.1 Å². The third-order valence-electron chi connectivity index (χ3n) is 8.87. The van der Waals surface area contributed by atoms with Crippen molar-refractivity contribution in [2.45, 2.75) is 37.8 Å². The Morgan fingerprint density at radius 2 is 1.78 bits per heavy atom. The zero-order valence-electron chi connectivity index (χ0n) is 25.9. The highest BCUT2D eigenvalue weighted by molar-refractivity contribution is 7.98. The molecule has 0 atom stereocenters. The van der Waals surface area contributed by atoms with E-state index in [1.54, 1.807) is 23.3 Å². The third-order valence-corrected chi connectivity index (χ3v) is 11.1. The van der Waals surface area contributed by atoms with E-state index in [2.05, 4.69) is 68.1 Å². The maximum absolute atomic E-state index is 12.0. The van der Waals surface area contributed by atoms with E-state index >= 15 is 0 Å². The minimum Gasteiger partial charge on any atom is -0.378 e. The van der Waals surface area contributed by atoms with Gasteiger partial charge in [-0.25, -0.2) is 9.97 Å². The molecule has 5 aromatic rings. The van der Waals surface area contributed by atoms with Crippen LogP contribution in [0.1, 0.15) is 24.4 Å². The number of pyridine rings is 1. The summed E-state index contributed by atoms with van der Waals surface area (Å²) in [6.07, 6.45) is 1.86. The molecule has 2 saturated heterocycles. The molecule has 4 aromatic heterocycles. The van der Waals surface area contributed by atoms with E-state index in [0.29, 0.717) is 19.0 Å². The first-order valence-corrected chi connectivity index (χ1v) is 17.0. The number of fused-ring (bicyclic) bond motifs is 2. The predicted octanol–water partition coefficient (Wildman–Crippen LogP) is 4.79. The monoisotopic (exact) mass is 642 g/mol. The van der Waals surface area contributed by atoms with Gasteiger partial charge >= 0.3 is 0 Å². The van der Waals surface area contributed by atoms with Crippen molar-refractivity contribution >= 4 is 56.1 Å². The van der Waals surface area contributed by atoms with E-state index in [0.717, 1.165) is 84.1 Å². The number of nitrogens with zero attached hydrogens (tertiary/aromatic N) is 7. The molecule has 10 nitrogen and oxygen atoms in total. The fraction of sp³-hybridized carbons (Fsp3) is 0.394. The molecule has 2 N–H and O–H groups in total. The number of carbonyl (C=O) groups is 1. The van der Waals surface area contributed by atoms with Crippen molar-refractivity contribution in [1.82, 2.24) is 28.7 Å². The van der Waals surface area contributed by atoms with Crippen molar-refractivity contribution in [3.8, 4) is 11.5 Å². The lowest BCUT2D eigenvalue weighted by Crippen LogP contribution is -2.59. The number of nitrogens with two attached hydrogens (primary N) is 1. The lowest BCUT2D eigenvalue weighted by atomic mass is 10.0. The normalized spacial score (nSPS) is 17.0. The van der Waals surface area contributed by atoms with Gasteiger partial charge in [0.1, 0.15) is 5.69 Å². The molecule has 6 heterocycles. The highest BCUT2D eigenvalue weighted by atomic mass is 32.2. The largest absolute Gasteiger partial charge is 0.378 e. The molecule has 12 heteroatoms. The van der Waals surface area contributed by atoms with Crippen LogP contribution in [0.25, 0.3) is 32.6 Å². The molecule has 2 aliphatic rings. The Morgan fingerprint density at radius 1 is 1.02 bits per heavy atom. The fourth-order valence-corrected chi connectivity index (χ4v) is 8.20. The van der Waals surface area contributed by atoms with Crippen LogP contribution in [0.4, 0.5) is 5.82 Å². The summed E-state index contributed by atoms with van der Waals surface area (Å²) in [5.74, 6) is 1.32. The van der Waals surface area contributed by atoms with E-state index in [4.69, 9.17) is 25.4 Å². The predicted molar refractivity (Wildman–Crippen MR) is 182 cm³/mol. The molecule has 0 radical (unpaired) electrons. The van der Waals surface area contributed by atoms with Crippen LogP contribution in [0.5, 0.6) is 0 Å². The standard InChI is InChI=1S/C33H38N8O2S2/c1-22-19-25-27(41(22)45-23-7-5-4-6-8-23)9-10-35-28(25)30-36-26-20-24(44-29(26)31(37-30)39-15-17-43-18-16-39)21-38-11-13-40(14-12-38)33(2,3)32(34)42/h4-10,19-20H,11-18,21H2,1-3H3,(H2,34,42). The maximum Gasteiger partial charge on any atom is 0.237 e. The van der Waals surface area contributed by atoms with Crippen LogP contribution >= 0.6 is 23.3 Å². The minimum absolute atomic E-state index is 0.280. The summed E-state index contributed by atoms with van der Waals surface area (Å²) in [5, 5.41) is 1.04. The summed E-state index contributed by atoms with van der Waals surface area (Å²) in [6.45, 7) is 13.1. The second-order valence-corrected chi connectivity index (χ2v) is 14.3. The van der Waals surface area contributed by atoms with Gasteiger partial charge in [0.15, 0.2) is 11.6 Å². The Morgan fingerprint density at radius 3 is 2.51 bits per heavy atom. The van der Waals surface area contributed by atoms with E-state index in [1.165, 1.54) is 9.77 Å². The molecule has 0 unspecified atom stereocenters. The van der Waals surface area contributed by atoms with Gasteiger partial charge in [-0.1, -0.05) is 18.2 Å². The summed E-state index contributed by atoms with van der Waals surface area (Å²) >= 11 is 3.48. The molecule has 1 aromatic carbocycles. The number of amides is 1. The number of aromatic nitrogens is 4. The average Bonchev–Trinajstić information content (AvgIpc) is 3.61. The first-order valence-electron chi connectivity index (χ1n) is 15.4. The topological polar surface area (TPSA) is 106 Å². The second-order valence-electron chi connectivity index (χ2n) is 12.2. The molecule has 0 aliphatic carbocycles. The van der Waals surface area contributed by atoms with Gasteiger partial charge in [0.25, 0.3) is 0 Å². The molecular formula is C33H38N8O2S2. The van der Waals surface area contributed by atoms with Crippen LogP contribution in [-0.4, -0.2) is 92.7 Å². The average molecular weight is 643 g/mol. The second kappa shape index (κ2) is 12.3. The van der Waals surface area contributed by atoms with Gasteiger partial charge in [0.05, 0.1) is 34.5 Å². The zero-order valence-corrected chi connectivity index (χ0v) is 27.5. The Hall–Kier alpha value is -3.55. The lowest BCUT2D eigenvalue weighted by Gasteiger charge is -2.42. The molecule has 2 fully saturated rings. The Bertz CT molecular complexity index is 1840. The van der Waals surface area contributed by atoms with Crippen LogP contribution in [-0.2, 0) is 16.1 Å². The SMILES string of the molecule is Cc1cc2c(-c3nc(N4CCOCC4)c4sc(CN5CCN(C(C)(C)C(N)=O)CC5)cc4n3)nccc2n1Sc1ccccc1. The van der Waals surface area contributed by atoms with Crippen molar-refractivity contribution in [2.24, 2.45) is 5.73 Å². The fourth-order valence-electron chi connectivity index (χ4n) is 6.10. The number of hydrogen-bond acceptors (Lipinski definition) is 10. The number of benzene rings is 1. The highest BCUT2D eigenvalue weighted by Gasteiger charge is 2.35. The number of anilines is 1. The Kier molecular flexibility index (Phi) is 8.25. The van der Waals surface area contributed by atoms with Gasteiger partial charge in [-0.15, -0.1) is 11.3 Å². The van der Waals surface area contributed by atoms with Gasteiger partial charge in [-0.2, -0.15) is 0 Å². The van der Waals surface area contributed by atoms with Crippen LogP contribution < -0.4 is 10.6 Å². The highest BCUT2D eigenvalue weighted by Crippen LogP contribution is 2.38. The van der Waals surface area contributed by atoms with Crippen molar-refractivity contribution in [3.05, 3.63) is 65.3 Å². The van der Waals surface area contributed by atoms with Crippen LogP contribution in [0.3, 0.4) is 0 Å². The molecule has 1 amide bonds. The molecule has 7 rings (SSSR count). The first-order chi connectivity index (χ1) is 21.8. The first kappa shape index (κ1) is 30.1. The summed E-state index contributed by atoms with van der Waals surface area (Å²) in [7, 11) is 0. The van der Waals surface area contributed by atoms with Crippen LogP contribution in [0, 0.1) is 6.92 Å². The van der Waals surface area contributed by atoms with Crippen molar-refractivity contribution in [2.75, 3.05) is 57.4 Å². The van der Waals surface area contributed by atoms with Crippen molar-refractivity contribution < 1.29 is 9.53 Å². The van der Waals surface area contributed by atoms with Crippen LogP contribution in [0.2, 0.25) is 0 Å². The summed E-state index contributed by atoms with van der Waals surface area (Å²) < 4.78 is 9.04. The van der Waals surface area contributed by atoms with E-state index < -0.39 is 5.54 Å². The van der Waals surface area contributed by atoms with Gasteiger partial charge < -0.3 is 15.4 Å². The number of ether oxygens (including phenoxy) is 1. The van der Waals surface area contributed by atoms with Gasteiger partial charge in [0, 0.05) is 72.9 Å².